The number of esters is 2. The zero-order valence-electron chi connectivity index (χ0n) is 24.2. The second-order valence-corrected chi connectivity index (χ2v) is 12.7. The van der Waals surface area contributed by atoms with E-state index in [9.17, 15) is 19.7 Å². The van der Waals surface area contributed by atoms with Crippen molar-refractivity contribution in [2.24, 2.45) is 22.7 Å². The smallest absolute Gasteiger partial charge is 0.337 e. The lowest BCUT2D eigenvalue weighted by Gasteiger charge is -2.63. The van der Waals surface area contributed by atoms with Crippen LogP contribution in [0.15, 0.2) is 54.1 Å². The molecule has 9 nitrogen and oxygen atoms in total. The van der Waals surface area contributed by atoms with E-state index in [4.69, 9.17) is 18.9 Å². The maximum absolute atomic E-state index is 12.6. The minimum absolute atomic E-state index is 0.0303. The summed E-state index contributed by atoms with van der Waals surface area (Å²) in [7, 11) is 0. The lowest BCUT2D eigenvalue weighted by atomic mass is 9.46. The van der Waals surface area contributed by atoms with Crippen LogP contribution < -0.4 is 0 Å². The number of benzene rings is 1. The van der Waals surface area contributed by atoms with Crippen molar-refractivity contribution in [1.29, 1.82) is 0 Å². The molecule has 0 aromatic heterocycles. The molecule has 2 aliphatic heterocycles. The number of nitro benzene ring substituents is 1. The van der Waals surface area contributed by atoms with Crippen molar-refractivity contribution in [2.75, 3.05) is 13.2 Å². The average Bonchev–Trinajstić information content (AvgIpc) is 3.26. The van der Waals surface area contributed by atoms with Crippen molar-refractivity contribution in [3.63, 3.8) is 0 Å². The highest BCUT2D eigenvalue weighted by atomic mass is 16.7. The molecule has 4 aliphatic rings. The number of allylic oxidation sites excluding steroid dienone is 2. The Labute approximate surface area is 240 Å². The number of nitro groups is 1. The highest BCUT2D eigenvalue weighted by Gasteiger charge is 2.60. The molecule has 1 aromatic rings. The Hall–Kier alpha value is -3.30. The molecule has 0 amide bonds. The first-order chi connectivity index (χ1) is 19.3. The van der Waals surface area contributed by atoms with Crippen molar-refractivity contribution in [3.8, 4) is 0 Å². The number of non-ortho nitro benzene ring substituents is 1. The molecule has 0 bridgehead atoms. The summed E-state index contributed by atoms with van der Waals surface area (Å²) in [4.78, 5) is 35.5. The van der Waals surface area contributed by atoms with Gasteiger partial charge < -0.3 is 18.9 Å². The third-order valence-electron chi connectivity index (χ3n) is 9.77. The molecule has 9 heteroatoms. The highest BCUT2D eigenvalue weighted by Crippen LogP contribution is 2.63. The summed E-state index contributed by atoms with van der Waals surface area (Å²) < 4.78 is 23.4. The summed E-state index contributed by atoms with van der Waals surface area (Å²) in [5.41, 5.74) is 1.98. The molecule has 5 rings (SSSR count). The fourth-order valence-electron chi connectivity index (χ4n) is 7.56. The Morgan fingerprint density at radius 3 is 2.61 bits per heavy atom. The molecule has 2 aliphatic carbocycles. The zero-order chi connectivity index (χ0) is 29.6. The van der Waals surface area contributed by atoms with Gasteiger partial charge in [-0.1, -0.05) is 32.1 Å². The predicted molar refractivity (Wildman–Crippen MR) is 151 cm³/mol. The number of fused-ring (bicyclic) bond motifs is 3. The molecule has 220 valence electrons. The second kappa shape index (κ2) is 10.8. The fourth-order valence-corrected chi connectivity index (χ4v) is 7.56. The molecular weight excluding hydrogens is 526 g/mol. The van der Waals surface area contributed by atoms with Gasteiger partial charge in [-0.15, -0.1) is 0 Å². The highest BCUT2D eigenvalue weighted by molar-refractivity contribution is 5.93. The molecule has 2 saturated heterocycles. The first-order valence-corrected chi connectivity index (χ1v) is 14.3. The van der Waals surface area contributed by atoms with E-state index in [1.165, 1.54) is 29.9 Å². The van der Waals surface area contributed by atoms with Crippen LogP contribution >= 0.6 is 0 Å². The van der Waals surface area contributed by atoms with Crippen LogP contribution in [-0.2, 0) is 28.5 Å². The Bertz CT molecular complexity index is 1300. The fraction of sp³-hybridized carbons (Fsp3) is 0.562. The Balaban J connectivity index is 1.28. The van der Waals surface area contributed by atoms with E-state index in [-0.39, 0.29) is 35.1 Å². The molecule has 2 heterocycles. The molecule has 1 unspecified atom stereocenters. The van der Waals surface area contributed by atoms with Gasteiger partial charge in [0.15, 0.2) is 11.9 Å². The van der Waals surface area contributed by atoms with E-state index >= 15 is 0 Å². The lowest BCUT2D eigenvalue weighted by Crippen LogP contribution is -2.62. The van der Waals surface area contributed by atoms with E-state index in [0.29, 0.717) is 30.1 Å². The van der Waals surface area contributed by atoms with Crippen molar-refractivity contribution in [2.45, 2.75) is 77.8 Å². The van der Waals surface area contributed by atoms with Gasteiger partial charge in [0.2, 0.25) is 0 Å². The number of ether oxygens (including phenoxy) is 4. The zero-order valence-corrected chi connectivity index (χ0v) is 24.2. The van der Waals surface area contributed by atoms with Crippen molar-refractivity contribution >= 4 is 23.7 Å². The average molecular weight is 566 g/mol. The number of rotatable bonds is 6. The van der Waals surface area contributed by atoms with Gasteiger partial charge in [0.25, 0.3) is 5.69 Å². The number of carbonyl (C=O) groups excluding carboxylic acids is 2. The molecular formula is C32H39NO8. The summed E-state index contributed by atoms with van der Waals surface area (Å²) in [5.74, 6) is -1.14. The van der Waals surface area contributed by atoms with Crippen LogP contribution in [0.3, 0.4) is 0 Å². The first-order valence-electron chi connectivity index (χ1n) is 14.3. The van der Waals surface area contributed by atoms with E-state index in [1.807, 2.05) is 19.9 Å². The van der Waals surface area contributed by atoms with Gasteiger partial charge in [0.1, 0.15) is 6.61 Å². The van der Waals surface area contributed by atoms with Gasteiger partial charge in [-0.05, 0) is 87.0 Å². The Morgan fingerprint density at radius 1 is 1.17 bits per heavy atom. The van der Waals surface area contributed by atoms with Gasteiger partial charge in [-0.25, -0.2) is 9.59 Å². The van der Waals surface area contributed by atoms with Crippen molar-refractivity contribution in [3.05, 3.63) is 69.8 Å². The number of nitrogens with zero attached hydrogens (tertiary/aromatic N) is 1. The van der Waals surface area contributed by atoms with E-state index < -0.39 is 28.8 Å². The second-order valence-electron chi connectivity index (χ2n) is 12.7. The summed E-state index contributed by atoms with van der Waals surface area (Å²) >= 11 is 0. The van der Waals surface area contributed by atoms with Crippen LogP contribution in [0.2, 0.25) is 0 Å². The maximum Gasteiger partial charge on any atom is 0.337 e. The molecule has 4 fully saturated rings. The summed E-state index contributed by atoms with van der Waals surface area (Å²) in [6.07, 6.45) is 8.47. The maximum atomic E-state index is 12.6. The van der Waals surface area contributed by atoms with Crippen LogP contribution in [0, 0.1) is 32.8 Å². The number of cyclic esters (lactones) is 1. The quantitative estimate of drug-likeness (QED) is 0.137. The molecule has 2 saturated carbocycles. The van der Waals surface area contributed by atoms with Gasteiger partial charge in [-0.3, -0.25) is 10.1 Å². The minimum Gasteiger partial charge on any atom is -0.458 e. The topological polar surface area (TPSA) is 114 Å². The third-order valence-corrected chi connectivity index (χ3v) is 9.77. The largest absolute Gasteiger partial charge is 0.458 e. The molecule has 0 radical (unpaired) electrons. The van der Waals surface area contributed by atoms with E-state index in [0.717, 1.165) is 25.7 Å². The van der Waals surface area contributed by atoms with Crippen LogP contribution in [0.1, 0.15) is 65.4 Å². The first kappa shape index (κ1) is 29.2. The van der Waals surface area contributed by atoms with Crippen molar-refractivity contribution in [1.82, 2.24) is 0 Å². The molecule has 1 aromatic carbocycles. The molecule has 6 atom stereocenters. The van der Waals surface area contributed by atoms with Crippen LogP contribution in [0.5, 0.6) is 0 Å². The number of hydrogen-bond acceptors (Lipinski definition) is 8. The predicted octanol–water partition coefficient (Wildman–Crippen LogP) is 5.93. The van der Waals surface area contributed by atoms with E-state index in [1.54, 1.807) is 12.1 Å². The van der Waals surface area contributed by atoms with Crippen LogP contribution in [-0.4, -0.2) is 48.1 Å². The SMILES string of the molecule is C=C1CCC2[C@]3(C)COC(C)(C)O[C@@H]3CC[C@@]2(C)[C@@H]1CC=C1C(=O)OC[C@H]1OC(=O)C=Cc1ccc([N+](=O)[O-])cc1. The minimum atomic E-state index is -0.799. The lowest BCUT2D eigenvalue weighted by molar-refractivity contribution is -0.384. The van der Waals surface area contributed by atoms with Gasteiger partial charge in [0.05, 0.1) is 23.2 Å². The summed E-state index contributed by atoms with van der Waals surface area (Å²) in [6.45, 7) is 13.7. The summed E-state index contributed by atoms with van der Waals surface area (Å²) in [6, 6.07) is 5.81. The Kier molecular flexibility index (Phi) is 7.72. The normalized spacial score (nSPS) is 35.6. The van der Waals surface area contributed by atoms with Gasteiger partial charge >= 0.3 is 11.9 Å². The monoisotopic (exact) mass is 565 g/mol. The van der Waals surface area contributed by atoms with Crippen LogP contribution in [0.25, 0.3) is 6.08 Å². The molecule has 0 spiro atoms. The number of carbonyl (C=O) groups is 2. The molecule has 0 N–H and O–H groups in total. The van der Waals surface area contributed by atoms with Crippen molar-refractivity contribution < 1.29 is 33.5 Å². The summed E-state index contributed by atoms with van der Waals surface area (Å²) in [5, 5.41) is 10.8. The molecule has 41 heavy (non-hydrogen) atoms. The van der Waals surface area contributed by atoms with Gasteiger partial charge in [0, 0.05) is 23.6 Å². The standard InChI is InChI=1S/C32H39NO8/c1-20-6-14-26-31(4,17-16-27-32(26,5)19-39-30(2,3)41-27)24(20)13-12-23-25(18-38-29(23)35)40-28(34)15-9-21-7-10-22(11-8-21)33(36)37/h7-12,15,24-27H,1,6,13-14,16-19H2,2-5H3/t24-,25-,26?,27-,31+,32+/m1/s1. The number of hydrogen-bond donors (Lipinski definition) is 0. The van der Waals surface area contributed by atoms with Gasteiger partial charge in [-0.2, -0.15) is 0 Å². The van der Waals surface area contributed by atoms with Crippen LogP contribution in [0.4, 0.5) is 5.69 Å². The Morgan fingerprint density at radius 2 is 1.90 bits per heavy atom. The van der Waals surface area contributed by atoms with E-state index in [2.05, 4.69) is 20.4 Å². The third kappa shape index (κ3) is 5.62.